The normalized spacial score (nSPS) is 12.0. The third kappa shape index (κ3) is 3.27. The number of nitrogens with two attached hydrogens (primary N) is 1. The van der Waals surface area contributed by atoms with Gasteiger partial charge in [-0.05, 0) is 11.6 Å². The number of thiazole rings is 1. The number of nitrogens with zero attached hydrogens (tertiary/aromatic N) is 3. The molecule has 6 heteroatoms. The largest absolute Gasteiger partial charge is 0.323 e. The van der Waals surface area contributed by atoms with Crippen LogP contribution in [0.5, 0.6) is 0 Å². The molecule has 0 aliphatic carbocycles. The molecule has 0 spiro atoms. The lowest BCUT2D eigenvalue weighted by Crippen LogP contribution is -2.09. The topological polar surface area (TPSA) is 75.6 Å². The summed E-state index contributed by atoms with van der Waals surface area (Å²) in [5, 5.41) is 10.5. The molecule has 2 aromatic rings. The molecule has 17 heavy (non-hydrogen) atoms. The monoisotopic (exact) mass is 262 g/mol. The Kier molecular flexibility index (Phi) is 4.09. The van der Waals surface area contributed by atoms with Crippen molar-refractivity contribution >= 4 is 23.1 Å². The minimum absolute atomic E-state index is 0.274. The van der Waals surface area contributed by atoms with E-state index < -0.39 is 0 Å². The van der Waals surface area contributed by atoms with Gasteiger partial charge in [0.15, 0.2) is 4.34 Å². The zero-order valence-corrected chi connectivity index (χ0v) is 10.5. The van der Waals surface area contributed by atoms with Gasteiger partial charge in [0, 0.05) is 34.9 Å². The zero-order chi connectivity index (χ0) is 12.1. The standard InChI is InChI=1S/C11H10N4S2/c12-2-1-10(13)8-5-9(7-14-6-8)17-11-15-3-4-16-11/h3-7,10H,1,13H2. The van der Waals surface area contributed by atoms with Gasteiger partial charge in [0.25, 0.3) is 0 Å². The van der Waals surface area contributed by atoms with Crippen molar-refractivity contribution in [2.75, 3.05) is 0 Å². The molecule has 0 fully saturated rings. The average Bonchev–Trinajstić information content (AvgIpc) is 2.82. The smallest absolute Gasteiger partial charge is 0.154 e. The lowest BCUT2D eigenvalue weighted by Gasteiger charge is -2.08. The van der Waals surface area contributed by atoms with E-state index in [0.29, 0.717) is 6.42 Å². The fourth-order valence-electron chi connectivity index (χ4n) is 1.27. The summed E-state index contributed by atoms with van der Waals surface area (Å²) in [7, 11) is 0. The van der Waals surface area contributed by atoms with Gasteiger partial charge < -0.3 is 5.73 Å². The van der Waals surface area contributed by atoms with Crippen LogP contribution in [0.1, 0.15) is 18.0 Å². The summed E-state index contributed by atoms with van der Waals surface area (Å²) >= 11 is 3.13. The Morgan fingerprint density at radius 2 is 2.41 bits per heavy atom. The van der Waals surface area contributed by atoms with Gasteiger partial charge >= 0.3 is 0 Å². The fraction of sp³-hybridized carbons (Fsp3) is 0.182. The molecular weight excluding hydrogens is 252 g/mol. The van der Waals surface area contributed by atoms with E-state index in [2.05, 4.69) is 16.0 Å². The molecule has 0 bridgehead atoms. The van der Waals surface area contributed by atoms with E-state index in [4.69, 9.17) is 11.0 Å². The van der Waals surface area contributed by atoms with E-state index in [9.17, 15) is 0 Å². The molecule has 1 unspecified atom stereocenters. The second-order valence-electron chi connectivity index (χ2n) is 3.32. The van der Waals surface area contributed by atoms with Crippen molar-refractivity contribution in [1.29, 1.82) is 5.26 Å². The van der Waals surface area contributed by atoms with Gasteiger partial charge in [0.1, 0.15) is 0 Å². The Balaban J connectivity index is 2.14. The molecule has 0 aromatic carbocycles. The van der Waals surface area contributed by atoms with Crippen molar-refractivity contribution in [3.8, 4) is 6.07 Å². The summed E-state index contributed by atoms with van der Waals surface area (Å²) in [6.45, 7) is 0. The minimum Gasteiger partial charge on any atom is -0.323 e. The maximum absolute atomic E-state index is 8.61. The highest BCUT2D eigenvalue weighted by molar-refractivity contribution is 8.01. The van der Waals surface area contributed by atoms with Gasteiger partial charge in [0.05, 0.1) is 12.5 Å². The first-order valence-corrected chi connectivity index (χ1v) is 6.64. The molecule has 2 rings (SSSR count). The zero-order valence-electron chi connectivity index (χ0n) is 8.91. The highest BCUT2D eigenvalue weighted by Crippen LogP contribution is 2.29. The Morgan fingerprint density at radius 1 is 1.53 bits per heavy atom. The number of rotatable bonds is 4. The summed E-state index contributed by atoms with van der Waals surface area (Å²) in [5.74, 6) is 0. The highest BCUT2D eigenvalue weighted by Gasteiger charge is 2.08. The van der Waals surface area contributed by atoms with Crippen molar-refractivity contribution in [1.82, 2.24) is 9.97 Å². The molecule has 2 aromatic heterocycles. The van der Waals surface area contributed by atoms with Gasteiger partial charge in [-0.3, -0.25) is 4.98 Å². The molecule has 0 aliphatic rings. The van der Waals surface area contributed by atoms with Crippen LogP contribution in [0.2, 0.25) is 0 Å². The van der Waals surface area contributed by atoms with Crippen molar-refractivity contribution in [3.63, 3.8) is 0 Å². The number of aromatic nitrogens is 2. The molecular formula is C11H10N4S2. The van der Waals surface area contributed by atoms with Crippen LogP contribution in [0.3, 0.4) is 0 Å². The van der Waals surface area contributed by atoms with E-state index in [1.54, 1.807) is 41.7 Å². The SMILES string of the molecule is N#CCC(N)c1cncc(Sc2nccs2)c1. The van der Waals surface area contributed by atoms with Crippen LogP contribution in [0.25, 0.3) is 0 Å². The first-order chi connectivity index (χ1) is 8.29. The highest BCUT2D eigenvalue weighted by atomic mass is 32.2. The van der Waals surface area contributed by atoms with Crippen LogP contribution < -0.4 is 5.73 Å². The molecule has 4 nitrogen and oxygen atoms in total. The van der Waals surface area contributed by atoms with Crippen molar-refractivity contribution in [3.05, 3.63) is 35.6 Å². The Hall–Kier alpha value is -1.42. The maximum Gasteiger partial charge on any atom is 0.154 e. The third-order valence-electron chi connectivity index (χ3n) is 2.09. The fourth-order valence-corrected chi connectivity index (χ4v) is 2.90. The van der Waals surface area contributed by atoms with Crippen molar-refractivity contribution in [2.24, 2.45) is 5.73 Å². The molecule has 0 saturated carbocycles. The van der Waals surface area contributed by atoms with Crippen LogP contribution in [-0.4, -0.2) is 9.97 Å². The number of hydrogen-bond acceptors (Lipinski definition) is 6. The van der Waals surface area contributed by atoms with Crippen LogP contribution in [0, 0.1) is 11.3 Å². The predicted molar refractivity (Wildman–Crippen MR) is 67.6 cm³/mol. The molecule has 0 amide bonds. The van der Waals surface area contributed by atoms with Crippen molar-refractivity contribution < 1.29 is 0 Å². The number of nitriles is 1. The summed E-state index contributed by atoms with van der Waals surface area (Å²) in [5.41, 5.74) is 6.75. The molecule has 1 atom stereocenters. The predicted octanol–water partition coefficient (Wildman–Crippen LogP) is 2.60. The van der Waals surface area contributed by atoms with Crippen LogP contribution in [0.15, 0.2) is 39.3 Å². The van der Waals surface area contributed by atoms with Gasteiger partial charge in [0.2, 0.25) is 0 Å². The molecule has 0 radical (unpaired) electrons. The summed E-state index contributed by atoms with van der Waals surface area (Å²) in [6.07, 6.45) is 5.54. The Morgan fingerprint density at radius 3 is 3.12 bits per heavy atom. The second kappa shape index (κ2) is 5.77. The minimum atomic E-state index is -0.274. The van der Waals surface area contributed by atoms with Crippen molar-refractivity contribution in [2.45, 2.75) is 21.7 Å². The van der Waals surface area contributed by atoms with Gasteiger partial charge in [-0.2, -0.15) is 5.26 Å². The Labute approximate surface area is 108 Å². The molecule has 0 aliphatic heterocycles. The van der Waals surface area contributed by atoms with E-state index in [-0.39, 0.29) is 6.04 Å². The quantitative estimate of drug-likeness (QED) is 0.916. The second-order valence-corrected chi connectivity index (χ2v) is 5.54. The maximum atomic E-state index is 8.61. The molecule has 86 valence electrons. The van der Waals surface area contributed by atoms with E-state index in [1.165, 1.54) is 0 Å². The van der Waals surface area contributed by atoms with Crippen LogP contribution in [-0.2, 0) is 0 Å². The van der Waals surface area contributed by atoms with Gasteiger partial charge in [-0.1, -0.05) is 11.8 Å². The summed E-state index contributed by atoms with van der Waals surface area (Å²) < 4.78 is 0.970. The molecule has 2 heterocycles. The number of hydrogen-bond donors (Lipinski definition) is 1. The first-order valence-electron chi connectivity index (χ1n) is 4.94. The van der Waals surface area contributed by atoms with Gasteiger partial charge in [-0.15, -0.1) is 11.3 Å². The first kappa shape index (κ1) is 12.0. The number of pyridine rings is 1. The van der Waals surface area contributed by atoms with Crippen LogP contribution in [0.4, 0.5) is 0 Å². The summed E-state index contributed by atoms with van der Waals surface area (Å²) in [6, 6.07) is 3.75. The van der Waals surface area contributed by atoms with Gasteiger partial charge in [-0.25, -0.2) is 4.98 Å². The van der Waals surface area contributed by atoms with E-state index in [1.807, 2.05) is 11.4 Å². The van der Waals surface area contributed by atoms with Crippen LogP contribution >= 0.6 is 23.1 Å². The molecule has 0 saturated heterocycles. The Bertz CT molecular complexity index is 519. The van der Waals surface area contributed by atoms with E-state index >= 15 is 0 Å². The molecule has 2 N–H and O–H groups in total. The average molecular weight is 262 g/mol. The summed E-state index contributed by atoms with van der Waals surface area (Å²) in [4.78, 5) is 9.32. The van der Waals surface area contributed by atoms with E-state index in [0.717, 1.165) is 14.8 Å². The lowest BCUT2D eigenvalue weighted by atomic mass is 10.1. The third-order valence-corrected chi connectivity index (χ3v) is 3.93. The lowest BCUT2D eigenvalue weighted by molar-refractivity contribution is 0.740.